The van der Waals surface area contributed by atoms with Gasteiger partial charge >= 0.3 is 0 Å². The summed E-state index contributed by atoms with van der Waals surface area (Å²) in [6.07, 6.45) is 0. The van der Waals surface area contributed by atoms with Crippen LogP contribution < -0.4 is 4.90 Å². The molecule has 1 saturated heterocycles. The molecule has 0 bridgehead atoms. The second-order valence-corrected chi connectivity index (χ2v) is 6.81. The van der Waals surface area contributed by atoms with Crippen molar-refractivity contribution in [1.29, 1.82) is 0 Å². The normalized spacial score (nSPS) is 14.6. The van der Waals surface area contributed by atoms with Crippen LogP contribution in [0.2, 0.25) is 0 Å². The van der Waals surface area contributed by atoms with Gasteiger partial charge in [-0.3, -0.25) is 25.1 Å². The van der Waals surface area contributed by atoms with Gasteiger partial charge in [0.1, 0.15) is 5.69 Å². The lowest BCUT2D eigenvalue weighted by Gasteiger charge is -2.35. The average Bonchev–Trinajstić information content (AvgIpc) is 3.23. The Morgan fingerprint density at radius 3 is 2.27 bits per heavy atom. The molecule has 4 rings (SSSR count). The van der Waals surface area contributed by atoms with Crippen molar-refractivity contribution in [2.45, 2.75) is 6.54 Å². The fourth-order valence-corrected chi connectivity index (χ4v) is 3.38. The minimum Gasteiger partial charge on any atom is -0.419 e. The maximum Gasteiger partial charge on any atom is 0.292 e. The Labute approximate surface area is 170 Å². The molecule has 1 aliphatic rings. The molecule has 2 heterocycles. The Morgan fingerprint density at radius 2 is 1.60 bits per heavy atom. The van der Waals surface area contributed by atoms with E-state index in [-0.39, 0.29) is 16.3 Å². The third-order valence-electron chi connectivity index (χ3n) is 4.94. The smallest absolute Gasteiger partial charge is 0.292 e. The van der Waals surface area contributed by atoms with Crippen LogP contribution in [0, 0.1) is 20.2 Å². The van der Waals surface area contributed by atoms with Gasteiger partial charge in [0, 0.05) is 49.9 Å². The van der Waals surface area contributed by atoms with Crippen LogP contribution in [0.25, 0.3) is 11.5 Å². The summed E-state index contributed by atoms with van der Waals surface area (Å²) in [4.78, 5) is 25.3. The molecule has 1 aliphatic heterocycles. The number of hydrogen-bond acceptors (Lipinski definition) is 9. The number of hydrogen-bond donors (Lipinski definition) is 0. The van der Waals surface area contributed by atoms with Crippen molar-refractivity contribution in [3.05, 3.63) is 74.7 Å². The van der Waals surface area contributed by atoms with Crippen LogP contribution >= 0.6 is 0 Å². The predicted molar refractivity (Wildman–Crippen MR) is 107 cm³/mol. The van der Waals surface area contributed by atoms with Gasteiger partial charge in [-0.25, -0.2) is 0 Å². The van der Waals surface area contributed by atoms with E-state index in [1.54, 1.807) is 30.3 Å². The number of rotatable bonds is 6. The van der Waals surface area contributed by atoms with Crippen LogP contribution in [-0.2, 0) is 6.54 Å². The van der Waals surface area contributed by atoms with Crippen molar-refractivity contribution in [2.75, 3.05) is 31.1 Å². The zero-order chi connectivity index (χ0) is 21.1. The molecule has 154 valence electrons. The van der Waals surface area contributed by atoms with Crippen LogP contribution in [0.15, 0.2) is 52.9 Å². The quantitative estimate of drug-likeness (QED) is 0.444. The SMILES string of the molecule is O=[N+]([O-])c1ccc(-c2nnc(CN3CCN(c4ccccc4[N+](=O)[O-])CC3)o2)cc1. The second-order valence-electron chi connectivity index (χ2n) is 6.81. The fraction of sp³-hybridized carbons (Fsp3) is 0.263. The molecule has 0 unspecified atom stereocenters. The number of para-hydroxylation sites is 2. The van der Waals surface area contributed by atoms with Gasteiger partial charge in [0.15, 0.2) is 0 Å². The van der Waals surface area contributed by atoms with Crippen molar-refractivity contribution in [3.63, 3.8) is 0 Å². The Kier molecular flexibility index (Phi) is 5.35. The molecule has 0 aliphatic carbocycles. The van der Waals surface area contributed by atoms with Crippen molar-refractivity contribution >= 4 is 17.1 Å². The van der Waals surface area contributed by atoms with Crippen molar-refractivity contribution < 1.29 is 14.3 Å². The lowest BCUT2D eigenvalue weighted by molar-refractivity contribution is -0.384. The highest BCUT2D eigenvalue weighted by molar-refractivity contribution is 5.63. The first kappa shape index (κ1) is 19.5. The van der Waals surface area contributed by atoms with E-state index in [0.717, 1.165) is 0 Å². The molecule has 30 heavy (non-hydrogen) atoms. The van der Waals surface area contributed by atoms with E-state index < -0.39 is 4.92 Å². The van der Waals surface area contributed by atoms with Crippen molar-refractivity contribution in [1.82, 2.24) is 15.1 Å². The predicted octanol–water partition coefficient (Wildman–Crippen LogP) is 2.88. The molecule has 0 saturated carbocycles. The number of non-ortho nitro benzene ring substituents is 1. The highest BCUT2D eigenvalue weighted by Gasteiger charge is 2.24. The first-order valence-electron chi connectivity index (χ1n) is 9.29. The Bertz CT molecular complexity index is 1060. The van der Waals surface area contributed by atoms with Gasteiger partial charge in [-0.15, -0.1) is 10.2 Å². The van der Waals surface area contributed by atoms with Gasteiger partial charge in [-0.2, -0.15) is 0 Å². The lowest BCUT2D eigenvalue weighted by Crippen LogP contribution is -2.46. The first-order chi connectivity index (χ1) is 14.5. The van der Waals surface area contributed by atoms with Gasteiger partial charge in [-0.05, 0) is 18.2 Å². The van der Waals surface area contributed by atoms with E-state index >= 15 is 0 Å². The van der Waals surface area contributed by atoms with E-state index in [9.17, 15) is 20.2 Å². The average molecular weight is 410 g/mol. The monoisotopic (exact) mass is 410 g/mol. The molecule has 1 fully saturated rings. The van der Waals surface area contributed by atoms with Crippen LogP contribution in [0.4, 0.5) is 17.1 Å². The Hall–Kier alpha value is -3.86. The van der Waals surface area contributed by atoms with E-state index in [1.165, 1.54) is 18.2 Å². The molecule has 0 amide bonds. The zero-order valence-corrected chi connectivity index (χ0v) is 15.9. The summed E-state index contributed by atoms with van der Waals surface area (Å²) in [5, 5.41) is 30.1. The highest BCUT2D eigenvalue weighted by atomic mass is 16.6. The van der Waals surface area contributed by atoms with Crippen molar-refractivity contribution in [3.8, 4) is 11.5 Å². The van der Waals surface area contributed by atoms with Gasteiger partial charge < -0.3 is 9.32 Å². The Balaban J connectivity index is 1.37. The van der Waals surface area contributed by atoms with Crippen LogP contribution in [-0.4, -0.2) is 51.1 Å². The number of aromatic nitrogens is 2. The number of nitrogens with zero attached hydrogens (tertiary/aromatic N) is 6. The first-order valence-corrected chi connectivity index (χ1v) is 9.29. The summed E-state index contributed by atoms with van der Waals surface area (Å²) in [6.45, 7) is 3.15. The third-order valence-corrected chi connectivity index (χ3v) is 4.94. The van der Waals surface area contributed by atoms with Gasteiger partial charge in [0.2, 0.25) is 11.8 Å². The molecule has 11 nitrogen and oxygen atoms in total. The fourth-order valence-electron chi connectivity index (χ4n) is 3.38. The lowest BCUT2D eigenvalue weighted by atomic mass is 10.2. The summed E-state index contributed by atoms with van der Waals surface area (Å²) in [5.74, 6) is 0.751. The number of nitro benzene ring substituents is 2. The van der Waals surface area contributed by atoms with Crippen LogP contribution in [0.5, 0.6) is 0 Å². The number of benzene rings is 2. The highest BCUT2D eigenvalue weighted by Crippen LogP contribution is 2.28. The zero-order valence-electron chi connectivity index (χ0n) is 15.9. The van der Waals surface area contributed by atoms with E-state index in [0.29, 0.717) is 55.8 Å². The van der Waals surface area contributed by atoms with Crippen LogP contribution in [0.3, 0.4) is 0 Å². The topological polar surface area (TPSA) is 132 Å². The molecule has 11 heteroatoms. The molecule has 0 spiro atoms. The minimum atomic E-state index is -0.466. The van der Waals surface area contributed by atoms with E-state index in [2.05, 4.69) is 15.1 Å². The molecule has 0 radical (unpaired) electrons. The number of anilines is 1. The largest absolute Gasteiger partial charge is 0.419 e. The summed E-state index contributed by atoms with van der Waals surface area (Å²) in [7, 11) is 0. The van der Waals surface area contributed by atoms with Gasteiger partial charge in [-0.1, -0.05) is 12.1 Å². The standard InChI is InChI=1S/C19H18N6O5/c26-24(27)15-7-5-14(6-8-15)19-21-20-18(30-19)13-22-9-11-23(12-10-22)16-3-1-2-4-17(16)25(28)29/h1-8H,9-13H2. The number of nitro groups is 2. The molecule has 3 aromatic rings. The van der Waals surface area contributed by atoms with E-state index in [1.807, 2.05) is 4.90 Å². The maximum atomic E-state index is 11.2. The molecule has 1 aromatic heterocycles. The second kappa shape index (κ2) is 8.25. The molecule has 0 atom stereocenters. The summed E-state index contributed by atoms with van der Waals surface area (Å²) < 4.78 is 5.70. The van der Waals surface area contributed by atoms with E-state index in [4.69, 9.17) is 4.42 Å². The summed E-state index contributed by atoms with van der Waals surface area (Å²) in [5.41, 5.74) is 1.34. The minimum absolute atomic E-state index is 0.00462. The number of piperazine rings is 1. The Morgan fingerprint density at radius 1 is 0.900 bits per heavy atom. The third kappa shape index (κ3) is 4.10. The van der Waals surface area contributed by atoms with Crippen molar-refractivity contribution in [2.24, 2.45) is 0 Å². The van der Waals surface area contributed by atoms with Gasteiger partial charge in [0.25, 0.3) is 11.4 Å². The molecule has 2 aromatic carbocycles. The maximum absolute atomic E-state index is 11.2. The molecular formula is C19H18N6O5. The van der Waals surface area contributed by atoms with Gasteiger partial charge in [0.05, 0.1) is 16.4 Å². The van der Waals surface area contributed by atoms with Crippen LogP contribution in [0.1, 0.15) is 5.89 Å². The summed E-state index contributed by atoms with van der Waals surface area (Å²) in [6, 6.07) is 12.7. The summed E-state index contributed by atoms with van der Waals surface area (Å²) >= 11 is 0. The molecular weight excluding hydrogens is 392 g/mol. The molecule has 0 N–H and O–H groups in total.